The predicted octanol–water partition coefficient (Wildman–Crippen LogP) is 4.54. The van der Waals surface area contributed by atoms with Crippen LogP contribution in [0.3, 0.4) is 0 Å². The van der Waals surface area contributed by atoms with Crippen molar-refractivity contribution in [2.75, 3.05) is 6.61 Å². The highest BCUT2D eigenvalue weighted by atomic mass is 16.5. The van der Waals surface area contributed by atoms with Crippen LogP contribution in [0.1, 0.15) is 39.5 Å². The van der Waals surface area contributed by atoms with Gasteiger partial charge in [0.25, 0.3) is 0 Å². The minimum Gasteiger partial charge on any atom is -0.494 e. The lowest BCUT2D eigenvalue weighted by Crippen LogP contribution is -2.01. The van der Waals surface area contributed by atoms with E-state index in [-0.39, 0.29) is 0 Å². The van der Waals surface area contributed by atoms with Crippen LogP contribution in [0.15, 0.2) is 47.8 Å². The highest BCUT2D eigenvalue weighted by molar-refractivity contribution is 5.19. The second kappa shape index (κ2) is 7.98. The van der Waals surface area contributed by atoms with Crippen LogP contribution in [0.4, 0.5) is 0 Å². The first-order valence-electron chi connectivity index (χ1n) is 6.28. The largest absolute Gasteiger partial charge is 0.494 e. The third-order valence-electron chi connectivity index (χ3n) is 2.52. The fourth-order valence-corrected chi connectivity index (χ4v) is 1.66. The van der Waals surface area contributed by atoms with E-state index in [0.717, 1.165) is 38.0 Å². The maximum Gasteiger partial charge on any atom is 0.109 e. The molecule has 1 heteroatoms. The van der Waals surface area contributed by atoms with E-state index in [2.05, 4.69) is 36.5 Å². The Balaban J connectivity index is 0.000000606. The minimum absolute atomic E-state index is 0.768. The van der Waals surface area contributed by atoms with Gasteiger partial charge in [0.1, 0.15) is 6.61 Å². The second-order valence-electron chi connectivity index (χ2n) is 3.68. The maximum absolute atomic E-state index is 5.73. The highest BCUT2D eigenvalue weighted by Crippen LogP contribution is 2.17. The molecule has 0 aromatic carbocycles. The summed E-state index contributed by atoms with van der Waals surface area (Å²) < 4.78 is 5.73. The highest BCUT2D eigenvalue weighted by Gasteiger charge is 2.03. The van der Waals surface area contributed by atoms with E-state index in [9.17, 15) is 0 Å². The molecule has 1 nitrogen and oxygen atoms in total. The predicted molar refractivity (Wildman–Crippen MR) is 70.2 cm³/mol. The van der Waals surface area contributed by atoms with Gasteiger partial charge in [-0.15, -0.1) is 0 Å². The van der Waals surface area contributed by atoms with Crippen LogP contribution in [0.5, 0.6) is 0 Å². The van der Waals surface area contributed by atoms with E-state index in [0.29, 0.717) is 0 Å². The summed E-state index contributed by atoms with van der Waals surface area (Å²) in [6.45, 7) is 4.77. The monoisotopic (exact) mass is 218 g/mol. The van der Waals surface area contributed by atoms with E-state index in [1.165, 1.54) is 5.57 Å². The van der Waals surface area contributed by atoms with Crippen LogP contribution in [0.2, 0.25) is 0 Å². The molecule has 0 heterocycles. The number of rotatable bonds is 3. The number of hydrogen-bond donors (Lipinski definition) is 0. The lowest BCUT2D eigenvalue weighted by molar-refractivity contribution is 0.225. The third-order valence-corrected chi connectivity index (χ3v) is 2.52. The van der Waals surface area contributed by atoms with Crippen LogP contribution in [0.25, 0.3) is 0 Å². The SMILES string of the molecule is C1=CCCC(COC2=CC=CCC2)=C1.CC. The molecule has 0 aromatic heterocycles. The Morgan fingerprint density at radius 3 is 2.25 bits per heavy atom. The summed E-state index contributed by atoms with van der Waals surface area (Å²) in [5.74, 6) is 1.13. The molecule has 0 bridgehead atoms. The van der Waals surface area contributed by atoms with Gasteiger partial charge in [-0.1, -0.05) is 44.2 Å². The van der Waals surface area contributed by atoms with Crippen LogP contribution in [-0.2, 0) is 4.74 Å². The smallest absolute Gasteiger partial charge is 0.109 e. The summed E-state index contributed by atoms with van der Waals surface area (Å²) >= 11 is 0. The maximum atomic E-state index is 5.73. The van der Waals surface area contributed by atoms with Gasteiger partial charge in [-0.25, -0.2) is 0 Å². The summed E-state index contributed by atoms with van der Waals surface area (Å²) in [7, 11) is 0. The van der Waals surface area contributed by atoms with Crippen molar-refractivity contribution in [2.45, 2.75) is 39.5 Å². The summed E-state index contributed by atoms with van der Waals surface area (Å²) in [4.78, 5) is 0. The fourth-order valence-electron chi connectivity index (χ4n) is 1.66. The Bertz CT molecular complexity index is 273. The van der Waals surface area contributed by atoms with E-state index in [1.54, 1.807) is 0 Å². The van der Waals surface area contributed by atoms with E-state index < -0.39 is 0 Å². The summed E-state index contributed by atoms with van der Waals surface area (Å²) in [5.41, 5.74) is 1.41. The molecule has 0 radical (unpaired) electrons. The zero-order chi connectivity index (χ0) is 11.6. The molecule has 88 valence electrons. The number of ether oxygens (including phenoxy) is 1. The Hall–Kier alpha value is -1.24. The molecule has 0 aliphatic heterocycles. The van der Waals surface area contributed by atoms with Crippen LogP contribution < -0.4 is 0 Å². The summed E-state index contributed by atoms with van der Waals surface area (Å²) in [6, 6.07) is 0. The van der Waals surface area contributed by atoms with Crippen LogP contribution in [0, 0.1) is 0 Å². The van der Waals surface area contributed by atoms with Gasteiger partial charge >= 0.3 is 0 Å². The molecule has 0 N–H and O–H groups in total. The molecule has 0 saturated carbocycles. The van der Waals surface area contributed by atoms with Crippen molar-refractivity contribution >= 4 is 0 Å². The molecule has 0 fully saturated rings. The van der Waals surface area contributed by atoms with Gasteiger partial charge < -0.3 is 4.74 Å². The van der Waals surface area contributed by atoms with E-state index in [4.69, 9.17) is 4.74 Å². The molecular weight excluding hydrogens is 196 g/mol. The first kappa shape index (κ1) is 12.8. The van der Waals surface area contributed by atoms with Gasteiger partial charge in [0.2, 0.25) is 0 Å². The molecule has 0 spiro atoms. The first-order chi connectivity index (χ1) is 7.95. The molecule has 16 heavy (non-hydrogen) atoms. The second-order valence-corrected chi connectivity index (χ2v) is 3.68. The Morgan fingerprint density at radius 1 is 1.00 bits per heavy atom. The van der Waals surface area contributed by atoms with Gasteiger partial charge in [-0.2, -0.15) is 0 Å². The average Bonchev–Trinajstić information content (AvgIpc) is 2.41. The van der Waals surface area contributed by atoms with Crippen molar-refractivity contribution < 1.29 is 4.74 Å². The molecule has 2 rings (SSSR count). The number of hydrogen-bond acceptors (Lipinski definition) is 1. The molecule has 0 atom stereocenters. The Morgan fingerprint density at radius 2 is 1.69 bits per heavy atom. The quantitative estimate of drug-likeness (QED) is 0.675. The van der Waals surface area contributed by atoms with Crippen molar-refractivity contribution in [3.8, 4) is 0 Å². The zero-order valence-electron chi connectivity index (χ0n) is 10.4. The minimum atomic E-state index is 0.768. The topological polar surface area (TPSA) is 9.23 Å². The van der Waals surface area contributed by atoms with E-state index >= 15 is 0 Å². The molecule has 0 unspecified atom stereocenters. The standard InChI is InChI=1S/C13H16O.C2H6/c1-3-7-12(8-4-1)11-14-13-9-5-2-6-10-13;1-2/h1-3,5,7,9H,4,6,8,10-11H2;1-2H3. The first-order valence-corrected chi connectivity index (χ1v) is 6.28. The van der Waals surface area contributed by atoms with Gasteiger partial charge in [-0.3, -0.25) is 0 Å². The Labute approximate surface area is 99.2 Å². The molecule has 0 aromatic rings. The van der Waals surface area contributed by atoms with Crippen molar-refractivity contribution in [1.29, 1.82) is 0 Å². The van der Waals surface area contributed by atoms with Gasteiger partial charge in [-0.05, 0) is 30.9 Å². The lowest BCUT2D eigenvalue weighted by Gasteiger charge is -2.14. The van der Waals surface area contributed by atoms with Gasteiger partial charge in [0.05, 0.1) is 5.76 Å². The lowest BCUT2D eigenvalue weighted by atomic mass is 10.1. The molecule has 0 saturated heterocycles. The van der Waals surface area contributed by atoms with Crippen molar-refractivity contribution in [3.63, 3.8) is 0 Å². The Kier molecular flexibility index (Phi) is 6.39. The molecular formula is C15H22O. The summed E-state index contributed by atoms with van der Waals surface area (Å²) in [6.07, 6.45) is 17.3. The van der Waals surface area contributed by atoms with Crippen molar-refractivity contribution in [1.82, 2.24) is 0 Å². The van der Waals surface area contributed by atoms with Gasteiger partial charge in [0.15, 0.2) is 0 Å². The zero-order valence-corrected chi connectivity index (χ0v) is 10.4. The number of allylic oxidation sites excluding steroid dienone is 7. The normalized spacial score (nSPS) is 18.1. The van der Waals surface area contributed by atoms with Crippen molar-refractivity contribution in [3.05, 3.63) is 47.8 Å². The fraction of sp³-hybridized carbons (Fsp3) is 0.467. The molecule has 2 aliphatic rings. The van der Waals surface area contributed by atoms with Gasteiger partial charge in [0, 0.05) is 6.42 Å². The summed E-state index contributed by atoms with van der Waals surface area (Å²) in [5, 5.41) is 0. The third kappa shape index (κ3) is 4.52. The van der Waals surface area contributed by atoms with Crippen LogP contribution in [-0.4, -0.2) is 6.61 Å². The van der Waals surface area contributed by atoms with Crippen LogP contribution >= 0.6 is 0 Å². The molecule has 0 amide bonds. The van der Waals surface area contributed by atoms with E-state index in [1.807, 2.05) is 13.8 Å². The molecule has 2 aliphatic carbocycles. The van der Waals surface area contributed by atoms with Crippen molar-refractivity contribution in [2.24, 2.45) is 0 Å². The average molecular weight is 218 g/mol.